The largest absolute Gasteiger partial charge is 0.508 e. The first-order chi connectivity index (χ1) is 34.3. The fraction of sp³-hybridized carbons (Fsp3) is 0.520. The third-order valence-electron chi connectivity index (χ3n) is 12.4. The minimum absolute atomic E-state index is 0.0277. The number of nitrogens with two attached hydrogens (primary N) is 1. The lowest BCUT2D eigenvalue weighted by Crippen LogP contribution is -2.61. The van der Waals surface area contributed by atoms with Crippen LogP contribution in [0.3, 0.4) is 0 Å². The second-order valence-electron chi connectivity index (χ2n) is 18.8. The number of hydrogen-bond donors (Lipinski definition) is 13. The Bertz CT molecular complexity index is 2430. The Hall–Kier alpha value is -7.56. The van der Waals surface area contributed by atoms with Crippen LogP contribution >= 0.6 is 0 Å². The predicted molar refractivity (Wildman–Crippen MR) is 266 cm³/mol. The number of phenols is 1. The number of amides is 7. The van der Waals surface area contributed by atoms with Crippen LogP contribution in [0.1, 0.15) is 98.1 Å². The number of benzene rings is 2. The van der Waals surface area contributed by atoms with Gasteiger partial charge in [0.1, 0.15) is 48.0 Å². The molecule has 0 fully saturated rings. The van der Waals surface area contributed by atoms with Crippen molar-refractivity contribution in [2.24, 2.45) is 23.5 Å². The molecule has 2 aromatic carbocycles. The second-order valence-corrected chi connectivity index (χ2v) is 18.8. The quantitative estimate of drug-likeness (QED) is 0.0442. The minimum Gasteiger partial charge on any atom is -0.508 e. The number of aromatic nitrogens is 1. The van der Waals surface area contributed by atoms with Crippen molar-refractivity contribution in [3.63, 3.8) is 0 Å². The van der Waals surface area contributed by atoms with Gasteiger partial charge in [-0.2, -0.15) is 0 Å². The third-order valence-corrected chi connectivity index (χ3v) is 12.4. The molecule has 0 aliphatic rings. The van der Waals surface area contributed by atoms with Gasteiger partial charge in [-0.3, -0.25) is 43.2 Å². The highest BCUT2D eigenvalue weighted by Crippen LogP contribution is 2.20. The molecule has 0 bridgehead atoms. The molecule has 1 aromatic heterocycles. The van der Waals surface area contributed by atoms with Crippen LogP contribution in [0.2, 0.25) is 0 Å². The maximum Gasteiger partial charge on any atom is 0.326 e. The Morgan fingerprint density at radius 2 is 1.10 bits per heavy atom. The average molecular weight is 1020 g/mol. The van der Waals surface area contributed by atoms with Gasteiger partial charge in [0.15, 0.2) is 0 Å². The van der Waals surface area contributed by atoms with E-state index >= 15 is 0 Å². The van der Waals surface area contributed by atoms with E-state index < -0.39 is 139 Å². The van der Waals surface area contributed by atoms with Crippen molar-refractivity contribution in [3.05, 3.63) is 65.9 Å². The van der Waals surface area contributed by atoms with Crippen LogP contribution in [-0.4, -0.2) is 133 Å². The van der Waals surface area contributed by atoms with Gasteiger partial charge in [-0.25, -0.2) is 4.79 Å². The zero-order chi connectivity index (χ0) is 54.7. The topological polar surface area (TPSA) is 378 Å². The normalized spacial score (nSPS) is 15.4. The number of nitrogens with one attached hydrogen (secondary N) is 8. The fourth-order valence-corrected chi connectivity index (χ4v) is 7.71. The van der Waals surface area contributed by atoms with E-state index in [0.717, 1.165) is 10.9 Å². The first-order valence-corrected chi connectivity index (χ1v) is 24.2. The zero-order valence-electron chi connectivity index (χ0n) is 42.2. The smallest absolute Gasteiger partial charge is 0.326 e. The first kappa shape index (κ1) is 59.7. The number of phenolic OH excluding ortho intramolecular Hbond substituents is 1. The Morgan fingerprint density at radius 3 is 1.64 bits per heavy atom. The van der Waals surface area contributed by atoms with E-state index in [-0.39, 0.29) is 30.9 Å². The molecule has 0 radical (unpaired) electrons. The summed E-state index contributed by atoms with van der Waals surface area (Å²) in [6, 6.07) is 1.72. The molecule has 23 heteroatoms. The van der Waals surface area contributed by atoms with E-state index in [9.17, 15) is 63.3 Å². The number of carboxylic acids is 3. The monoisotopic (exact) mass is 1020 g/mol. The predicted octanol–water partition coefficient (Wildman–Crippen LogP) is 0.962. The average Bonchev–Trinajstić information content (AvgIpc) is 3.74. The van der Waals surface area contributed by atoms with Crippen LogP contribution in [-0.2, 0) is 60.8 Å². The molecule has 0 unspecified atom stereocenters. The maximum atomic E-state index is 14.2. The molecule has 10 atom stereocenters. The van der Waals surface area contributed by atoms with E-state index in [0.29, 0.717) is 24.0 Å². The summed E-state index contributed by atoms with van der Waals surface area (Å²) >= 11 is 0. The molecule has 0 saturated heterocycles. The highest BCUT2D eigenvalue weighted by Gasteiger charge is 2.36. The summed E-state index contributed by atoms with van der Waals surface area (Å²) in [6.45, 7) is 11.6. The molecule has 23 nitrogen and oxygen atoms in total. The van der Waals surface area contributed by atoms with Gasteiger partial charge in [0.2, 0.25) is 41.4 Å². The molecule has 0 aliphatic heterocycles. The van der Waals surface area contributed by atoms with Crippen molar-refractivity contribution >= 4 is 70.2 Å². The summed E-state index contributed by atoms with van der Waals surface area (Å²) in [6.07, 6.45) is 0.294. The van der Waals surface area contributed by atoms with E-state index in [2.05, 4.69) is 42.2 Å². The summed E-state index contributed by atoms with van der Waals surface area (Å²) in [5, 5.41) is 57.3. The van der Waals surface area contributed by atoms with Crippen LogP contribution in [0.4, 0.5) is 0 Å². The Balaban J connectivity index is 1.83. The maximum absolute atomic E-state index is 14.2. The Morgan fingerprint density at radius 1 is 0.575 bits per heavy atom. The van der Waals surface area contributed by atoms with Gasteiger partial charge < -0.3 is 68.4 Å². The van der Waals surface area contributed by atoms with Crippen molar-refractivity contribution in [3.8, 4) is 5.75 Å². The van der Waals surface area contributed by atoms with Gasteiger partial charge in [-0.1, -0.05) is 84.7 Å². The first-order valence-electron chi connectivity index (χ1n) is 24.2. The molecule has 0 aliphatic carbocycles. The molecule has 73 heavy (non-hydrogen) atoms. The van der Waals surface area contributed by atoms with Gasteiger partial charge >= 0.3 is 17.9 Å². The van der Waals surface area contributed by atoms with Crippen LogP contribution in [0.25, 0.3) is 10.9 Å². The Labute approximate surface area is 422 Å². The minimum atomic E-state index is -1.58. The zero-order valence-corrected chi connectivity index (χ0v) is 42.2. The number of H-pyrrole nitrogens is 1. The van der Waals surface area contributed by atoms with Crippen LogP contribution in [0.15, 0.2) is 54.7 Å². The van der Waals surface area contributed by atoms with Crippen molar-refractivity contribution in [1.82, 2.24) is 42.2 Å². The molecule has 7 amide bonds. The van der Waals surface area contributed by atoms with E-state index in [1.54, 1.807) is 53.8 Å². The second kappa shape index (κ2) is 28.5. The molecule has 0 spiro atoms. The number of para-hydroxylation sites is 1. The van der Waals surface area contributed by atoms with Gasteiger partial charge in [0.25, 0.3) is 0 Å². The molecule has 0 saturated carbocycles. The standard InChI is InChI=1S/C50H71N9O14/c1-8-26(5)41(49(71)57-38(50(72)73)22-30-24-52-34-13-11-10-12-32(30)34)58-43(65)28(7)53-45(67)35(18-19-39(61)62)54-46(68)36(20-25(3)4)55-47(69)37(21-29-14-16-31(60)17-15-29)56-48(70)42(27(6)9-2)59-44(66)33(51)23-40(63)64/h10-17,24-28,33,35-38,41-42,52,60H,8-9,18-23,51H2,1-7H3,(H,53,67)(H,54,68)(H,55,69)(H,56,70)(H,57,71)(H,58,65)(H,59,66)(H,61,62)(H,63,64)(H,72,73)/t26-,27-,28-,33-,35-,36-,37-,38-,41-,42-/m0/s1. The highest BCUT2D eigenvalue weighted by molar-refractivity contribution is 5.98. The third kappa shape index (κ3) is 18.9. The summed E-state index contributed by atoms with van der Waals surface area (Å²) < 4.78 is 0. The van der Waals surface area contributed by atoms with Gasteiger partial charge in [-0.05, 0) is 66.8 Å². The number of rotatable bonds is 30. The fourth-order valence-electron chi connectivity index (χ4n) is 7.71. The highest BCUT2D eigenvalue weighted by atomic mass is 16.4. The van der Waals surface area contributed by atoms with Crippen LogP contribution in [0, 0.1) is 17.8 Å². The summed E-state index contributed by atoms with van der Waals surface area (Å²) in [5.74, 6) is -11.6. The van der Waals surface area contributed by atoms with Crippen LogP contribution < -0.4 is 43.0 Å². The summed E-state index contributed by atoms with van der Waals surface area (Å²) in [7, 11) is 0. The van der Waals surface area contributed by atoms with Crippen molar-refractivity contribution in [2.75, 3.05) is 0 Å². The number of fused-ring (bicyclic) bond motifs is 1. The van der Waals surface area contributed by atoms with E-state index in [4.69, 9.17) is 10.8 Å². The summed E-state index contributed by atoms with van der Waals surface area (Å²) in [4.78, 5) is 135. The number of aliphatic carboxylic acids is 3. The molecule has 1 heterocycles. The molecule has 3 aromatic rings. The molecular formula is C50H71N9O14. The van der Waals surface area contributed by atoms with Gasteiger partial charge in [-0.15, -0.1) is 0 Å². The molecule has 14 N–H and O–H groups in total. The van der Waals surface area contributed by atoms with Crippen molar-refractivity contribution in [2.45, 2.75) is 148 Å². The number of aromatic hydroxyl groups is 1. The Kier molecular flexibility index (Phi) is 23.3. The van der Waals surface area contributed by atoms with Crippen molar-refractivity contribution in [1.29, 1.82) is 0 Å². The number of carbonyl (C=O) groups is 10. The number of carbonyl (C=O) groups excluding carboxylic acids is 7. The van der Waals surface area contributed by atoms with E-state index in [1.165, 1.54) is 31.2 Å². The van der Waals surface area contributed by atoms with Crippen LogP contribution in [0.5, 0.6) is 5.75 Å². The molecule has 400 valence electrons. The SMILES string of the molecule is CC[C@H](C)[C@H](NC(=O)[C@H](C)NC(=O)[C@H](CCC(=O)O)NC(=O)[C@H](CC(C)C)NC(=O)[C@H](Cc1ccc(O)cc1)NC(=O)[C@@H](NC(=O)[C@@H](N)CC(=O)O)[C@@H](C)CC)C(=O)N[C@@H](Cc1c[nH]c2ccccc12)C(=O)O. The van der Waals surface area contributed by atoms with Gasteiger partial charge in [0.05, 0.1) is 12.5 Å². The lowest BCUT2D eigenvalue weighted by molar-refractivity contribution is -0.142. The number of hydrogen-bond acceptors (Lipinski definition) is 12. The van der Waals surface area contributed by atoms with Gasteiger partial charge in [0, 0.05) is 36.4 Å². The number of carboxylic acid groups (broad SMARTS) is 3. The number of aromatic amines is 1. The van der Waals surface area contributed by atoms with E-state index in [1.807, 2.05) is 18.2 Å². The summed E-state index contributed by atoms with van der Waals surface area (Å²) in [5.41, 5.74) is 7.64. The lowest BCUT2D eigenvalue weighted by atomic mass is 9.96. The lowest BCUT2D eigenvalue weighted by Gasteiger charge is -2.29. The molecular weight excluding hydrogens is 951 g/mol. The molecule has 3 rings (SSSR count). The van der Waals surface area contributed by atoms with Crippen molar-refractivity contribution < 1.29 is 68.4 Å².